The Hall–Kier alpha value is -3.03. The number of carbonyl (C=O) groups is 1. The molecule has 2 rings (SSSR count). The number of nitrogens with zero attached hydrogens (tertiary/aromatic N) is 2. The highest BCUT2D eigenvalue weighted by Crippen LogP contribution is 2.27. The van der Waals surface area contributed by atoms with E-state index in [2.05, 4.69) is 10.3 Å². The van der Waals surface area contributed by atoms with Gasteiger partial charge >= 0.3 is 11.7 Å². The minimum absolute atomic E-state index is 0.213. The number of aromatic nitrogens is 1. The third-order valence-corrected chi connectivity index (χ3v) is 2.73. The van der Waals surface area contributed by atoms with Gasteiger partial charge in [0, 0.05) is 11.8 Å². The van der Waals surface area contributed by atoms with E-state index in [0.717, 1.165) is 12.1 Å². The number of benzene rings is 1. The number of hydrogen-bond donors (Lipinski definition) is 2. The van der Waals surface area contributed by atoms with Gasteiger partial charge in [-0.05, 0) is 36.8 Å². The van der Waals surface area contributed by atoms with Crippen LogP contribution >= 0.6 is 0 Å². The number of aromatic carboxylic acids is 1. The zero-order valence-corrected chi connectivity index (χ0v) is 10.8. The van der Waals surface area contributed by atoms with Crippen LogP contribution in [0.3, 0.4) is 0 Å². The number of rotatable bonds is 4. The van der Waals surface area contributed by atoms with Gasteiger partial charge in [-0.3, -0.25) is 10.1 Å². The molecule has 0 unspecified atom stereocenters. The Morgan fingerprint density at radius 1 is 1.38 bits per heavy atom. The lowest BCUT2D eigenvalue weighted by atomic mass is 10.2. The molecular formula is C13H10FN3O4. The molecule has 1 aromatic heterocycles. The number of carboxylic acids is 1. The maximum absolute atomic E-state index is 13.0. The summed E-state index contributed by atoms with van der Waals surface area (Å²) in [6, 6.07) is 5.92. The van der Waals surface area contributed by atoms with Crippen molar-refractivity contribution in [1.29, 1.82) is 0 Å². The molecule has 0 radical (unpaired) electrons. The number of nitrogens with one attached hydrogen (secondary N) is 1. The van der Waals surface area contributed by atoms with Gasteiger partial charge in [-0.25, -0.2) is 14.2 Å². The third kappa shape index (κ3) is 3.11. The molecule has 108 valence electrons. The first-order valence-electron chi connectivity index (χ1n) is 5.80. The number of pyridine rings is 1. The van der Waals surface area contributed by atoms with Crippen molar-refractivity contribution in [1.82, 2.24) is 4.98 Å². The van der Waals surface area contributed by atoms with Gasteiger partial charge < -0.3 is 10.4 Å². The number of carboxylic acid groups (broad SMARTS) is 1. The number of hydrogen-bond acceptors (Lipinski definition) is 5. The Morgan fingerprint density at radius 2 is 2.10 bits per heavy atom. The zero-order valence-electron chi connectivity index (χ0n) is 10.8. The lowest BCUT2D eigenvalue weighted by molar-refractivity contribution is -0.384. The second-order valence-electron chi connectivity index (χ2n) is 4.21. The fraction of sp³-hybridized carbons (Fsp3) is 0.0769. The predicted octanol–water partition coefficient (Wildman–Crippen LogP) is 2.88. The summed E-state index contributed by atoms with van der Waals surface area (Å²) in [6.07, 6.45) is 0. The molecule has 1 heterocycles. The van der Waals surface area contributed by atoms with E-state index in [9.17, 15) is 19.3 Å². The minimum atomic E-state index is -1.30. The van der Waals surface area contributed by atoms with Gasteiger partial charge in [-0.15, -0.1) is 0 Å². The van der Waals surface area contributed by atoms with E-state index in [1.54, 1.807) is 6.92 Å². The summed E-state index contributed by atoms with van der Waals surface area (Å²) in [5.41, 5.74) is 0.202. The molecule has 8 heteroatoms. The van der Waals surface area contributed by atoms with Crippen LogP contribution in [0.15, 0.2) is 30.3 Å². The highest BCUT2D eigenvalue weighted by atomic mass is 19.1. The predicted molar refractivity (Wildman–Crippen MR) is 72.3 cm³/mol. The number of halogens is 1. The van der Waals surface area contributed by atoms with Crippen LogP contribution < -0.4 is 5.32 Å². The molecule has 0 atom stereocenters. The molecule has 1 aromatic carbocycles. The second-order valence-corrected chi connectivity index (χ2v) is 4.21. The third-order valence-electron chi connectivity index (χ3n) is 2.73. The van der Waals surface area contributed by atoms with Crippen molar-refractivity contribution in [2.75, 3.05) is 5.32 Å². The summed E-state index contributed by atoms with van der Waals surface area (Å²) in [5, 5.41) is 22.5. The van der Waals surface area contributed by atoms with E-state index in [-0.39, 0.29) is 17.2 Å². The van der Waals surface area contributed by atoms with Crippen molar-refractivity contribution in [3.63, 3.8) is 0 Å². The lowest BCUT2D eigenvalue weighted by Crippen LogP contribution is -2.06. The van der Waals surface area contributed by atoms with E-state index in [1.807, 2.05) is 0 Å². The molecule has 0 spiro atoms. The van der Waals surface area contributed by atoms with E-state index < -0.39 is 16.7 Å². The Kier molecular flexibility index (Phi) is 3.79. The minimum Gasteiger partial charge on any atom is -0.477 e. The molecule has 2 aromatic rings. The average molecular weight is 291 g/mol. The molecule has 0 saturated carbocycles. The summed E-state index contributed by atoms with van der Waals surface area (Å²) < 4.78 is 13.0. The van der Waals surface area contributed by atoms with Crippen LogP contribution in [0.5, 0.6) is 0 Å². The van der Waals surface area contributed by atoms with E-state index in [1.165, 1.54) is 18.2 Å². The number of nitro groups is 1. The second kappa shape index (κ2) is 5.53. The highest BCUT2D eigenvalue weighted by molar-refractivity contribution is 5.87. The fourth-order valence-electron chi connectivity index (χ4n) is 1.71. The van der Waals surface area contributed by atoms with E-state index >= 15 is 0 Å². The van der Waals surface area contributed by atoms with Crippen molar-refractivity contribution in [2.45, 2.75) is 6.92 Å². The summed E-state index contributed by atoms with van der Waals surface area (Å²) >= 11 is 0. The van der Waals surface area contributed by atoms with Crippen molar-refractivity contribution < 1.29 is 19.2 Å². The zero-order chi connectivity index (χ0) is 15.6. The molecule has 0 bridgehead atoms. The Labute approximate surface area is 118 Å². The van der Waals surface area contributed by atoms with Crippen molar-refractivity contribution in [3.8, 4) is 0 Å². The first-order valence-corrected chi connectivity index (χ1v) is 5.80. The number of anilines is 2. The maximum atomic E-state index is 13.0. The molecule has 2 N–H and O–H groups in total. The van der Waals surface area contributed by atoms with E-state index in [4.69, 9.17) is 5.11 Å². The molecule has 21 heavy (non-hydrogen) atoms. The Balaban J connectivity index is 2.48. The van der Waals surface area contributed by atoms with Crippen molar-refractivity contribution in [3.05, 3.63) is 57.5 Å². The summed E-state index contributed by atoms with van der Waals surface area (Å²) in [6.45, 7) is 1.61. The largest absolute Gasteiger partial charge is 0.477 e. The summed E-state index contributed by atoms with van der Waals surface area (Å²) in [5.74, 6) is -1.96. The monoisotopic (exact) mass is 291 g/mol. The van der Waals surface area contributed by atoms with Crippen molar-refractivity contribution >= 4 is 23.2 Å². The van der Waals surface area contributed by atoms with Gasteiger partial charge in [0.1, 0.15) is 5.82 Å². The van der Waals surface area contributed by atoms with Gasteiger partial charge in [-0.2, -0.15) is 0 Å². The van der Waals surface area contributed by atoms with Gasteiger partial charge in [0.2, 0.25) is 5.82 Å². The average Bonchev–Trinajstić information content (AvgIpc) is 2.41. The molecule has 7 nitrogen and oxygen atoms in total. The molecule has 0 aliphatic carbocycles. The molecule has 0 amide bonds. The normalized spacial score (nSPS) is 10.2. The molecule has 0 saturated heterocycles. The lowest BCUT2D eigenvalue weighted by Gasteiger charge is -2.09. The van der Waals surface area contributed by atoms with Crippen LogP contribution in [0.4, 0.5) is 21.6 Å². The van der Waals surface area contributed by atoms with Crippen LogP contribution in [0.25, 0.3) is 0 Å². The first kappa shape index (κ1) is 14.4. The van der Waals surface area contributed by atoms with Gasteiger partial charge in [0.05, 0.1) is 4.92 Å². The Bertz CT molecular complexity index is 733. The Morgan fingerprint density at radius 3 is 2.67 bits per heavy atom. The molecular weight excluding hydrogens is 281 g/mol. The first-order chi connectivity index (χ1) is 9.88. The quantitative estimate of drug-likeness (QED) is 0.662. The topological polar surface area (TPSA) is 105 Å². The summed E-state index contributed by atoms with van der Waals surface area (Å²) in [7, 11) is 0. The standard InChI is InChI=1S/C13H10FN3O4/c1-7-6-8(14)2-3-9(7)15-12-11(17(20)21)5-4-10(16-12)13(18)19/h2-6H,1H3,(H,15,16)(H,18,19). The highest BCUT2D eigenvalue weighted by Gasteiger charge is 2.19. The van der Waals surface area contributed by atoms with E-state index in [0.29, 0.717) is 11.3 Å². The molecule has 0 aliphatic rings. The molecule has 0 fully saturated rings. The maximum Gasteiger partial charge on any atom is 0.354 e. The van der Waals surface area contributed by atoms with Gasteiger partial charge in [0.25, 0.3) is 0 Å². The molecule has 0 aliphatic heterocycles. The van der Waals surface area contributed by atoms with Crippen LogP contribution in [0.1, 0.15) is 16.1 Å². The van der Waals surface area contributed by atoms with Gasteiger partial charge in [-0.1, -0.05) is 0 Å². The van der Waals surface area contributed by atoms with Gasteiger partial charge in [0.15, 0.2) is 5.69 Å². The van der Waals surface area contributed by atoms with Crippen molar-refractivity contribution in [2.24, 2.45) is 0 Å². The van der Waals surface area contributed by atoms with Crippen LogP contribution in [0.2, 0.25) is 0 Å². The fourth-order valence-corrected chi connectivity index (χ4v) is 1.71. The van der Waals surface area contributed by atoms with Crippen LogP contribution in [-0.2, 0) is 0 Å². The SMILES string of the molecule is Cc1cc(F)ccc1Nc1nc(C(=O)O)ccc1[N+](=O)[O-]. The summed E-state index contributed by atoms with van der Waals surface area (Å²) in [4.78, 5) is 24.9. The number of aryl methyl sites for hydroxylation is 1. The van der Waals surface area contributed by atoms with Crippen LogP contribution in [0, 0.1) is 22.9 Å². The smallest absolute Gasteiger partial charge is 0.354 e. The van der Waals surface area contributed by atoms with Crippen LogP contribution in [-0.4, -0.2) is 21.0 Å².